The number of aryl methyl sites for hydroxylation is 2. The van der Waals surface area contributed by atoms with Gasteiger partial charge in [-0.15, -0.1) is 0 Å². The minimum absolute atomic E-state index is 0.000546. The maximum atomic E-state index is 13.9. The number of rotatable bonds is 1. The van der Waals surface area contributed by atoms with Crippen LogP contribution in [0.2, 0.25) is 5.02 Å². The van der Waals surface area contributed by atoms with Crippen molar-refractivity contribution in [2.75, 3.05) is 0 Å². The van der Waals surface area contributed by atoms with Crippen molar-refractivity contribution in [3.8, 4) is 16.9 Å². The molecular weight excluding hydrogens is 239 g/mol. The molecule has 0 radical (unpaired) electrons. The zero-order valence-corrected chi connectivity index (χ0v) is 10.3. The van der Waals surface area contributed by atoms with Crippen LogP contribution in [-0.4, -0.2) is 5.11 Å². The molecule has 2 aromatic carbocycles. The van der Waals surface area contributed by atoms with E-state index in [9.17, 15) is 9.50 Å². The van der Waals surface area contributed by atoms with Gasteiger partial charge in [0, 0.05) is 5.56 Å². The Morgan fingerprint density at radius 3 is 2.41 bits per heavy atom. The van der Waals surface area contributed by atoms with Crippen molar-refractivity contribution in [3.63, 3.8) is 0 Å². The first kappa shape index (κ1) is 11.9. The third kappa shape index (κ3) is 2.27. The molecule has 0 aromatic heterocycles. The minimum atomic E-state index is -0.274. The highest BCUT2D eigenvalue weighted by Crippen LogP contribution is 2.33. The van der Waals surface area contributed by atoms with E-state index in [1.807, 2.05) is 19.9 Å². The summed E-state index contributed by atoms with van der Waals surface area (Å²) in [6.07, 6.45) is 0. The monoisotopic (exact) mass is 250 g/mol. The number of phenolic OH excluding ortho intramolecular Hbond substituents is 1. The Bertz CT molecular complexity index is 555. The van der Waals surface area contributed by atoms with E-state index in [1.54, 1.807) is 12.1 Å². The summed E-state index contributed by atoms with van der Waals surface area (Å²) in [6.45, 7) is 3.70. The second kappa shape index (κ2) is 4.38. The van der Waals surface area contributed by atoms with Crippen LogP contribution in [0.5, 0.6) is 5.75 Å². The Morgan fingerprint density at radius 1 is 1.12 bits per heavy atom. The van der Waals surface area contributed by atoms with E-state index in [0.29, 0.717) is 11.1 Å². The van der Waals surface area contributed by atoms with Gasteiger partial charge < -0.3 is 5.11 Å². The van der Waals surface area contributed by atoms with Gasteiger partial charge >= 0.3 is 0 Å². The van der Waals surface area contributed by atoms with Gasteiger partial charge in [-0.05, 0) is 48.7 Å². The van der Waals surface area contributed by atoms with Gasteiger partial charge in [0.05, 0.1) is 5.02 Å². The normalized spacial score (nSPS) is 10.6. The molecule has 1 N–H and O–H groups in total. The first-order valence-corrected chi connectivity index (χ1v) is 5.62. The lowest BCUT2D eigenvalue weighted by molar-refractivity contribution is 0.475. The molecule has 0 atom stereocenters. The quantitative estimate of drug-likeness (QED) is 0.792. The summed E-state index contributed by atoms with van der Waals surface area (Å²) in [5.41, 5.74) is 2.93. The van der Waals surface area contributed by atoms with Gasteiger partial charge in [0.2, 0.25) is 0 Å². The summed E-state index contributed by atoms with van der Waals surface area (Å²) in [5.74, 6) is -0.273. The maximum Gasteiger partial charge on any atom is 0.134 e. The Hall–Kier alpha value is -1.54. The van der Waals surface area contributed by atoms with Crippen LogP contribution in [-0.2, 0) is 0 Å². The highest BCUT2D eigenvalue weighted by atomic mass is 35.5. The number of hydrogen-bond donors (Lipinski definition) is 1. The van der Waals surface area contributed by atoms with Crippen molar-refractivity contribution in [3.05, 3.63) is 52.3 Å². The van der Waals surface area contributed by atoms with Gasteiger partial charge in [-0.25, -0.2) is 4.39 Å². The van der Waals surface area contributed by atoms with Crippen molar-refractivity contribution in [2.24, 2.45) is 0 Å². The third-order valence-electron chi connectivity index (χ3n) is 2.67. The van der Waals surface area contributed by atoms with Crippen LogP contribution in [0, 0.1) is 19.7 Å². The largest absolute Gasteiger partial charge is 0.506 e. The second-order valence-corrected chi connectivity index (χ2v) is 4.51. The molecule has 0 aliphatic carbocycles. The number of halogens is 2. The standard InChI is InChI=1S/C14H12ClFO/c1-8-5-9(2)14(12(16)6-8)10-3-4-13(17)11(15)7-10/h3-7,17H,1-2H3. The van der Waals surface area contributed by atoms with Crippen molar-refractivity contribution in [1.29, 1.82) is 0 Å². The average molecular weight is 251 g/mol. The first-order chi connectivity index (χ1) is 7.99. The summed E-state index contributed by atoms with van der Waals surface area (Å²) in [4.78, 5) is 0. The highest BCUT2D eigenvalue weighted by molar-refractivity contribution is 6.32. The van der Waals surface area contributed by atoms with Crippen LogP contribution in [0.25, 0.3) is 11.1 Å². The van der Waals surface area contributed by atoms with Crippen LogP contribution in [0.15, 0.2) is 30.3 Å². The van der Waals surface area contributed by atoms with Crippen molar-refractivity contribution < 1.29 is 9.50 Å². The van der Waals surface area contributed by atoms with Crippen molar-refractivity contribution in [2.45, 2.75) is 13.8 Å². The van der Waals surface area contributed by atoms with E-state index in [1.165, 1.54) is 12.1 Å². The van der Waals surface area contributed by atoms with Gasteiger partial charge in [-0.2, -0.15) is 0 Å². The summed E-state index contributed by atoms with van der Waals surface area (Å²) in [6, 6.07) is 8.10. The van der Waals surface area contributed by atoms with E-state index in [4.69, 9.17) is 11.6 Å². The number of aromatic hydroxyl groups is 1. The smallest absolute Gasteiger partial charge is 0.134 e. The van der Waals surface area contributed by atoms with E-state index >= 15 is 0 Å². The Balaban J connectivity index is 2.64. The second-order valence-electron chi connectivity index (χ2n) is 4.10. The summed E-state index contributed by atoms with van der Waals surface area (Å²) < 4.78 is 13.9. The Morgan fingerprint density at radius 2 is 1.82 bits per heavy atom. The van der Waals surface area contributed by atoms with Gasteiger partial charge in [0.15, 0.2) is 0 Å². The van der Waals surface area contributed by atoms with Crippen LogP contribution < -0.4 is 0 Å². The predicted octanol–water partition coefficient (Wildman–Crippen LogP) is 4.47. The molecule has 0 saturated carbocycles. The lowest BCUT2D eigenvalue weighted by atomic mass is 9.98. The molecule has 3 heteroatoms. The first-order valence-electron chi connectivity index (χ1n) is 5.24. The van der Waals surface area contributed by atoms with E-state index in [0.717, 1.165) is 11.1 Å². The minimum Gasteiger partial charge on any atom is -0.506 e. The van der Waals surface area contributed by atoms with Crippen LogP contribution >= 0.6 is 11.6 Å². The third-order valence-corrected chi connectivity index (χ3v) is 2.97. The molecule has 0 aliphatic rings. The van der Waals surface area contributed by atoms with Gasteiger partial charge in [-0.3, -0.25) is 0 Å². The molecule has 1 nitrogen and oxygen atoms in total. The van der Waals surface area contributed by atoms with Gasteiger partial charge in [0.25, 0.3) is 0 Å². The molecule has 0 aliphatic heterocycles. The number of hydrogen-bond acceptors (Lipinski definition) is 1. The molecule has 2 aromatic rings. The Labute approximate surface area is 104 Å². The molecule has 0 bridgehead atoms. The van der Waals surface area contributed by atoms with E-state index in [-0.39, 0.29) is 16.6 Å². The number of benzene rings is 2. The lowest BCUT2D eigenvalue weighted by Crippen LogP contribution is -1.91. The van der Waals surface area contributed by atoms with Crippen LogP contribution in [0.4, 0.5) is 4.39 Å². The molecule has 0 spiro atoms. The molecule has 2 rings (SSSR count). The Kier molecular flexibility index (Phi) is 3.07. The predicted molar refractivity (Wildman–Crippen MR) is 68.0 cm³/mol. The summed E-state index contributed by atoms with van der Waals surface area (Å²) in [7, 11) is 0. The van der Waals surface area contributed by atoms with Crippen molar-refractivity contribution >= 4 is 11.6 Å². The summed E-state index contributed by atoms with van der Waals surface area (Å²) in [5, 5.41) is 9.57. The molecule has 0 heterocycles. The topological polar surface area (TPSA) is 20.2 Å². The molecule has 0 amide bonds. The SMILES string of the molecule is Cc1cc(C)c(-c2ccc(O)c(Cl)c2)c(F)c1. The fourth-order valence-electron chi connectivity index (χ4n) is 1.94. The molecule has 0 saturated heterocycles. The van der Waals surface area contributed by atoms with Gasteiger partial charge in [-0.1, -0.05) is 23.7 Å². The highest BCUT2D eigenvalue weighted by Gasteiger charge is 2.10. The molecule has 0 unspecified atom stereocenters. The van der Waals surface area contributed by atoms with E-state index < -0.39 is 0 Å². The summed E-state index contributed by atoms with van der Waals surface area (Å²) >= 11 is 5.83. The van der Waals surface area contributed by atoms with Crippen LogP contribution in [0.1, 0.15) is 11.1 Å². The zero-order chi connectivity index (χ0) is 12.6. The molecular formula is C14H12ClFO. The molecule has 17 heavy (non-hydrogen) atoms. The fraction of sp³-hybridized carbons (Fsp3) is 0.143. The fourth-order valence-corrected chi connectivity index (χ4v) is 2.12. The lowest BCUT2D eigenvalue weighted by Gasteiger charge is -2.10. The molecule has 0 fully saturated rings. The van der Waals surface area contributed by atoms with E-state index in [2.05, 4.69) is 0 Å². The average Bonchev–Trinajstić information content (AvgIpc) is 2.21. The van der Waals surface area contributed by atoms with Crippen LogP contribution in [0.3, 0.4) is 0 Å². The van der Waals surface area contributed by atoms with Crippen molar-refractivity contribution in [1.82, 2.24) is 0 Å². The number of phenols is 1. The van der Waals surface area contributed by atoms with Gasteiger partial charge in [0.1, 0.15) is 11.6 Å². The molecule has 88 valence electrons. The maximum absolute atomic E-state index is 13.9. The zero-order valence-electron chi connectivity index (χ0n) is 9.59.